The summed E-state index contributed by atoms with van der Waals surface area (Å²) in [5.74, 6) is 1.24. The summed E-state index contributed by atoms with van der Waals surface area (Å²) in [4.78, 5) is 20.3. The quantitative estimate of drug-likeness (QED) is 0.200. The van der Waals surface area contributed by atoms with Crippen molar-refractivity contribution in [3.63, 3.8) is 0 Å². The number of thiophene rings is 1. The zero-order valence-electron chi connectivity index (χ0n) is 16.5. The van der Waals surface area contributed by atoms with Crippen molar-refractivity contribution in [2.75, 3.05) is 52.5 Å². The van der Waals surface area contributed by atoms with Gasteiger partial charge in [-0.2, -0.15) is 0 Å². The van der Waals surface area contributed by atoms with Crippen LogP contribution in [0.15, 0.2) is 22.5 Å². The van der Waals surface area contributed by atoms with Gasteiger partial charge in [-0.05, 0) is 31.2 Å². The van der Waals surface area contributed by atoms with Crippen molar-refractivity contribution in [3.05, 3.63) is 22.4 Å². The summed E-state index contributed by atoms with van der Waals surface area (Å²) in [5, 5.41) is 11.7. The number of rotatable bonds is 9. The Balaban J connectivity index is 0.00000280. The lowest BCUT2D eigenvalue weighted by atomic mass is 10.2. The van der Waals surface area contributed by atoms with Crippen molar-refractivity contribution in [3.8, 4) is 0 Å². The molecule has 9 heteroatoms. The molecule has 2 heterocycles. The molecule has 0 bridgehead atoms. The summed E-state index contributed by atoms with van der Waals surface area (Å²) in [6.45, 7) is 8.30. The van der Waals surface area contributed by atoms with Crippen molar-refractivity contribution < 1.29 is 9.53 Å². The SMILES string of the molecule is CCNC(=NCC(c1cccs1)N1CCOCC1)NCCNC(=O)C1CC1.I. The van der Waals surface area contributed by atoms with Crippen LogP contribution in [0.25, 0.3) is 0 Å². The van der Waals surface area contributed by atoms with E-state index in [0.717, 1.165) is 51.6 Å². The van der Waals surface area contributed by atoms with Crippen LogP contribution in [0.3, 0.4) is 0 Å². The van der Waals surface area contributed by atoms with Crippen LogP contribution in [0.4, 0.5) is 0 Å². The molecule has 1 aromatic rings. The molecule has 3 rings (SSSR count). The van der Waals surface area contributed by atoms with Crippen LogP contribution in [-0.4, -0.2) is 69.2 Å². The molecule has 1 aliphatic carbocycles. The Kier molecular flexibility index (Phi) is 10.5. The number of carbonyl (C=O) groups excluding carboxylic acids is 1. The maximum atomic E-state index is 11.7. The summed E-state index contributed by atoms with van der Waals surface area (Å²) >= 11 is 1.78. The molecule has 1 saturated heterocycles. The van der Waals surface area contributed by atoms with Gasteiger partial charge in [0.25, 0.3) is 0 Å². The number of halogens is 1. The Morgan fingerprint density at radius 2 is 2.04 bits per heavy atom. The molecule has 1 saturated carbocycles. The van der Waals surface area contributed by atoms with Crippen LogP contribution in [-0.2, 0) is 9.53 Å². The maximum absolute atomic E-state index is 11.7. The lowest BCUT2D eigenvalue weighted by molar-refractivity contribution is -0.122. The Morgan fingerprint density at radius 3 is 2.68 bits per heavy atom. The molecule has 2 aliphatic rings. The fourth-order valence-corrected chi connectivity index (χ4v) is 3.98. The second-order valence-electron chi connectivity index (χ2n) is 6.89. The van der Waals surface area contributed by atoms with E-state index in [4.69, 9.17) is 9.73 Å². The van der Waals surface area contributed by atoms with E-state index in [1.54, 1.807) is 11.3 Å². The molecule has 1 aliphatic heterocycles. The van der Waals surface area contributed by atoms with Gasteiger partial charge in [0, 0.05) is 43.5 Å². The van der Waals surface area contributed by atoms with E-state index in [1.807, 2.05) is 0 Å². The Bertz CT molecular complexity index is 603. The van der Waals surface area contributed by atoms with Gasteiger partial charge in [0.05, 0.1) is 25.8 Å². The standard InChI is InChI=1S/C19H31N5O2S.HI/c1-2-20-19(22-8-7-21-18(25)15-5-6-15)23-14-16(17-4-3-13-27-17)24-9-11-26-12-10-24;/h3-4,13,15-16H,2,5-12,14H2,1H3,(H,21,25)(H2,20,22,23);1H. The summed E-state index contributed by atoms with van der Waals surface area (Å²) in [6, 6.07) is 4.57. The van der Waals surface area contributed by atoms with Gasteiger partial charge < -0.3 is 20.7 Å². The highest BCUT2D eigenvalue weighted by Gasteiger charge is 2.29. The number of ether oxygens (including phenoxy) is 1. The normalized spacial score (nSPS) is 18.8. The molecule has 158 valence electrons. The fourth-order valence-electron chi connectivity index (χ4n) is 3.13. The average Bonchev–Trinajstić information content (AvgIpc) is 3.42. The molecule has 3 N–H and O–H groups in total. The summed E-state index contributed by atoms with van der Waals surface area (Å²) in [5.41, 5.74) is 0. The molecule has 1 aromatic heterocycles. The zero-order valence-corrected chi connectivity index (χ0v) is 19.6. The minimum Gasteiger partial charge on any atom is -0.379 e. The summed E-state index contributed by atoms with van der Waals surface area (Å²) < 4.78 is 5.50. The number of morpholine rings is 1. The molecule has 0 aromatic carbocycles. The van der Waals surface area contributed by atoms with E-state index in [-0.39, 0.29) is 41.8 Å². The molecule has 28 heavy (non-hydrogen) atoms. The van der Waals surface area contributed by atoms with E-state index in [2.05, 4.69) is 45.3 Å². The predicted octanol–water partition coefficient (Wildman–Crippen LogP) is 1.82. The van der Waals surface area contributed by atoms with E-state index in [9.17, 15) is 4.79 Å². The Hall–Kier alpha value is -0.910. The third kappa shape index (κ3) is 7.49. The first-order valence-corrected chi connectivity index (χ1v) is 10.8. The number of guanidine groups is 1. The molecular formula is C19H32IN5O2S. The number of aliphatic imine (C=N–C) groups is 1. The van der Waals surface area contributed by atoms with E-state index in [1.165, 1.54) is 4.88 Å². The van der Waals surface area contributed by atoms with E-state index in [0.29, 0.717) is 19.6 Å². The van der Waals surface area contributed by atoms with Crippen molar-refractivity contribution in [1.82, 2.24) is 20.9 Å². The van der Waals surface area contributed by atoms with Crippen molar-refractivity contribution >= 4 is 47.2 Å². The lowest BCUT2D eigenvalue weighted by Gasteiger charge is -2.33. The molecule has 1 unspecified atom stereocenters. The van der Waals surface area contributed by atoms with Crippen LogP contribution in [0.1, 0.15) is 30.7 Å². The first kappa shape index (κ1) is 23.4. The van der Waals surface area contributed by atoms with Crippen molar-refractivity contribution in [2.45, 2.75) is 25.8 Å². The van der Waals surface area contributed by atoms with Crippen LogP contribution in [0, 0.1) is 5.92 Å². The first-order valence-electron chi connectivity index (χ1n) is 9.93. The highest BCUT2D eigenvalue weighted by Crippen LogP contribution is 2.28. The molecule has 1 amide bonds. The number of nitrogens with one attached hydrogen (secondary N) is 3. The molecule has 7 nitrogen and oxygen atoms in total. The van der Waals surface area contributed by atoms with E-state index < -0.39 is 0 Å². The van der Waals surface area contributed by atoms with Crippen LogP contribution in [0.5, 0.6) is 0 Å². The van der Waals surface area contributed by atoms with Gasteiger partial charge in [-0.3, -0.25) is 14.7 Å². The minimum absolute atomic E-state index is 0. The molecule has 0 spiro atoms. The monoisotopic (exact) mass is 521 g/mol. The summed E-state index contributed by atoms with van der Waals surface area (Å²) in [7, 11) is 0. The number of amides is 1. The van der Waals surface area contributed by atoms with Gasteiger partial charge in [-0.15, -0.1) is 35.3 Å². The van der Waals surface area contributed by atoms with Crippen molar-refractivity contribution in [1.29, 1.82) is 0 Å². The number of carbonyl (C=O) groups is 1. The molecule has 2 fully saturated rings. The number of hydrogen-bond acceptors (Lipinski definition) is 5. The minimum atomic E-state index is 0. The highest BCUT2D eigenvalue weighted by atomic mass is 127. The van der Waals surface area contributed by atoms with Gasteiger partial charge >= 0.3 is 0 Å². The molecule has 0 radical (unpaired) electrons. The van der Waals surface area contributed by atoms with Crippen molar-refractivity contribution in [2.24, 2.45) is 10.9 Å². The number of nitrogens with zero attached hydrogens (tertiary/aromatic N) is 2. The second kappa shape index (κ2) is 12.6. The molecular weight excluding hydrogens is 489 g/mol. The second-order valence-corrected chi connectivity index (χ2v) is 7.87. The molecule has 1 atom stereocenters. The Labute approximate surface area is 188 Å². The lowest BCUT2D eigenvalue weighted by Crippen LogP contribution is -2.43. The van der Waals surface area contributed by atoms with Crippen LogP contribution in [0.2, 0.25) is 0 Å². The maximum Gasteiger partial charge on any atom is 0.223 e. The fraction of sp³-hybridized carbons (Fsp3) is 0.684. The van der Waals surface area contributed by atoms with Gasteiger partial charge in [-0.25, -0.2) is 0 Å². The van der Waals surface area contributed by atoms with Gasteiger partial charge in [-0.1, -0.05) is 6.07 Å². The zero-order chi connectivity index (χ0) is 18.9. The first-order chi connectivity index (χ1) is 13.3. The smallest absolute Gasteiger partial charge is 0.223 e. The average molecular weight is 521 g/mol. The summed E-state index contributed by atoms with van der Waals surface area (Å²) in [6.07, 6.45) is 2.07. The Morgan fingerprint density at radius 1 is 1.29 bits per heavy atom. The third-order valence-electron chi connectivity index (χ3n) is 4.79. The highest BCUT2D eigenvalue weighted by molar-refractivity contribution is 14.0. The van der Waals surface area contributed by atoms with Gasteiger partial charge in [0.1, 0.15) is 0 Å². The van der Waals surface area contributed by atoms with Gasteiger partial charge in [0.2, 0.25) is 5.91 Å². The third-order valence-corrected chi connectivity index (χ3v) is 5.76. The number of hydrogen-bond donors (Lipinski definition) is 3. The predicted molar refractivity (Wildman–Crippen MR) is 125 cm³/mol. The van der Waals surface area contributed by atoms with Gasteiger partial charge in [0.15, 0.2) is 5.96 Å². The van der Waals surface area contributed by atoms with E-state index >= 15 is 0 Å². The topological polar surface area (TPSA) is 78.0 Å². The van der Waals surface area contributed by atoms with Crippen LogP contribution < -0.4 is 16.0 Å². The largest absolute Gasteiger partial charge is 0.379 e. The van der Waals surface area contributed by atoms with Crippen LogP contribution >= 0.6 is 35.3 Å².